The second kappa shape index (κ2) is 7.81. The maximum atomic E-state index is 4.37. The number of pyridine rings is 1. The van der Waals surface area contributed by atoms with Crippen LogP contribution in [-0.2, 0) is 0 Å². The topological polar surface area (TPSA) is 44.1 Å². The molecule has 0 aliphatic carbocycles. The van der Waals surface area contributed by atoms with Gasteiger partial charge in [-0.2, -0.15) is 10.2 Å². The lowest BCUT2D eigenvalue weighted by atomic mass is 10.2. The normalized spacial score (nSPS) is 16.4. The number of hydrogen-bond donors (Lipinski definition) is 2. The summed E-state index contributed by atoms with van der Waals surface area (Å²) in [5.41, 5.74) is 2.85. The smallest absolute Gasteiger partial charge is 0.0970 e. The van der Waals surface area contributed by atoms with Crippen molar-refractivity contribution in [1.29, 1.82) is 0 Å². The molecule has 3 rings (SSSR count). The van der Waals surface area contributed by atoms with Gasteiger partial charge in [0.1, 0.15) is 0 Å². The Balaban J connectivity index is 1.60. The minimum Gasteiger partial charge on any atom is -0.369 e. The Hall–Kier alpha value is -1.57. The van der Waals surface area contributed by atoms with Gasteiger partial charge >= 0.3 is 0 Å². The molecule has 0 unspecified atom stereocenters. The summed E-state index contributed by atoms with van der Waals surface area (Å²) < 4.78 is 0.0214. The first-order chi connectivity index (χ1) is 11.2. The molecule has 1 fully saturated rings. The van der Waals surface area contributed by atoms with Gasteiger partial charge in [-0.05, 0) is 36.4 Å². The van der Waals surface area contributed by atoms with Crippen LogP contribution in [0.3, 0.4) is 0 Å². The van der Waals surface area contributed by atoms with Gasteiger partial charge in [-0.15, -0.1) is 25.3 Å². The molecule has 1 saturated heterocycles. The van der Waals surface area contributed by atoms with E-state index in [0.29, 0.717) is 0 Å². The first-order valence-electron chi connectivity index (χ1n) is 7.49. The van der Waals surface area contributed by atoms with Crippen molar-refractivity contribution in [2.24, 2.45) is 10.2 Å². The highest BCUT2D eigenvalue weighted by atomic mass is 32.2. The Bertz CT molecular complexity index is 637. The van der Waals surface area contributed by atoms with Crippen molar-refractivity contribution in [1.82, 2.24) is 9.88 Å². The van der Waals surface area contributed by atoms with Crippen molar-refractivity contribution in [3.63, 3.8) is 0 Å². The minimum atomic E-state index is 0.0214. The van der Waals surface area contributed by atoms with Gasteiger partial charge in [0.25, 0.3) is 0 Å². The number of piperazine rings is 1. The Morgan fingerprint density at radius 1 is 0.826 bits per heavy atom. The van der Waals surface area contributed by atoms with Gasteiger partial charge in [-0.1, -0.05) is 0 Å². The van der Waals surface area contributed by atoms with Crippen LogP contribution in [-0.4, -0.2) is 40.8 Å². The number of hydrogen-bond acceptors (Lipinski definition) is 7. The highest BCUT2D eigenvalue weighted by Crippen LogP contribution is 2.23. The lowest BCUT2D eigenvalue weighted by Crippen LogP contribution is -2.47. The zero-order valence-electron chi connectivity index (χ0n) is 12.7. The molecule has 0 N–H and O–H groups in total. The molecule has 1 aromatic carbocycles. The van der Waals surface area contributed by atoms with Crippen LogP contribution in [0.25, 0.3) is 0 Å². The van der Waals surface area contributed by atoms with E-state index in [1.165, 1.54) is 5.69 Å². The predicted octanol–water partition coefficient (Wildman–Crippen LogP) is 3.76. The van der Waals surface area contributed by atoms with Gasteiger partial charge in [0.05, 0.1) is 16.1 Å². The second-order valence-corrected chi connectivity index (χ2v) is 6.68. The van der Waals surface area contributed by atoms with Crippen molar-refractivity contribution in [2.45, 2.75) is 4.71 Å². The fourth-order valence-corrected chi connectivity index (χ4v) is 2.93. The Kier molecular flexibility index (Phi) is 5.53. The molecule has 0 bridgehead atoms. The molecule has 0 spiro atoms. The van der Waals surface area contributed by atoms with Crippen LogP contribution in [0.4, 0.5) is 17.1 Å². The van der Waals surface area contributed by atoms with Crippen LogP contribution in [0.1, 0.15) is 0 Å². The van der Waals surface area contributed by atoms with Gasteiger partial charge in [0.15, 0.2) is 0 Å². The maximum Gasteiger partial charge on any atom is 0.0970 e. The largest absolute Gasteiger partial charge is 0.369 e. The summed E-state index contributed by atoms with van der Waals surface area (Å²) in [6.45, 7) is 3.91. The molecule has 7 heteroatoms. The average molecular weight is 345 g/mol. The SMILES string of the molecule is SC(S)N1CCN(c2ccc(N=Nc3ccncc3)cc2)CC1. The highest BCUT2D eigenvalue weighted by molar-refractivity contribution is 7.99. The van der Waals surface area contributed by atoms with Gasteiger partial charge in [0.2, 0.25) is 0 Å². The molecule has 2 aromatic rings. The molecular weight excluding hydrogens is 326 g/mol. The third-order valence-corrected chi connectivity index (χ3v) is 4.45. The number of thiol groups is 2. The van der Waals surface area contributed by atoms with E-state index in [0.717, 1.165) is 37.6 Å². The number of azo groups is 1. The van der Waals surface area contributed by atoms with E-state index in [1.807, 2.05) is 24.3 Å². The minimum absolute atomic E-state index is 0.0214. The molecular formula is C16H19N5S2. The van der Waals surface area contributed by atoms with Crippen molar-refractivity contribution >= 4 is 42.3 Å². The van der Waals surface area contributed by atoms with E-state index in [2.05, 4.69) is 62.4 Å². The predicted molar refractivity (Wildman–Crippen MR) is 100 cm³/mol. The standard InChI is InChI=1S/C16H19N5S2/c22-16(23)21-11-9-20(10-12-21)15-3-1-13(2-4-15)18-19-14-5-7-17-8-6-14/h1-8,16,22-23H,9-12H2. The zero-order chi connectivity index (χ0) is 16.1. The highest BCUT2D eigenvalue weighted by Gasteiger charge is 2.19. The summed E-state index contributed by atoms with van der Waals surface area (Å²) in [6, 6.07) is 11.8. The lowest BCUT2D eigenvalue weighted by molar-refractivity contribution is 0.287. The number of benzene rings is 1. The molecule has 1 aliphatic rings. The number of rotatable bonds is 4. The first-order valence-corrected chi connectivity index (χ1v) is 8.52. The summed E-state index contributed by atoms with van der Waals surface area (Å²) in [7, 11) is 0. The van der Waals surface area contributed by atoms with E-state index < -0.39 is 0 Å². The van der Waals surface area contributed by atoms with Crippen LogP contribution in [0.5, 0.6) is 0 Å². The fraction of sp³-hybridized carbons (Fsp3) is 0.312. The first kappa shape index (κ1) is 16.3. The third-order valence-electron chi connectivity index (χ3n) is 3.80. The second-order valence-electron chi connectivity index (χ2n) is 5.29. The van der Waals surface area contributed by atoms with Crippen LogP contribution < -0.4 is 4.90 Å². The molecule has 0 saturated carbocycles. The number of anilines is 1. The molecule has 5 nitrogen and oxygen atoms in total. The maximum absolute atomic E-state index is 4.37. The van der Waals surface area contributed by atoms with E-state index >= 15 is 0 Å². The van der Waals surface area contributed by atoms with Crippen LogP contribution in [0, 0.1) is 0 Å². The van der Waals surface area contributed by atoms with E-state index in [4.69, 9.17) is 0 Å². The fourth-order valence-electron chi connectivity index (χ4n) is 2.47. The van der Waals surface area contributed by atoms with Crippen molar-refractivity contribution in [3.05, 3.63) is 48.8 Å². The molecule has 2 heterocycles. The van der Waals surface area contributed by atoms with Gasteiger partial charge in [-0.25, -0.2) is 0 Å². The van der Waals surface area contributed by atoms with Gasteiger partial charge in [-0.3, -0.25) is 9.88 Å². The monoisotopic (exact) mass is 345 g/mol. The summed E-state index contributed by atoms with van der Waals surface area (Å²) in [4.78, 5) is 8.57. The van der Waals surface area contributed by atoms with Crippen LogP contribution in [0.15, 0.2) is 59.0 Å². The quantitative estimate of drug-likeness (QED) is 0.504. The Morgan fingerprint density at radius 2 is 1.39 bits per heavy atom. The van der Waals surface area contributed by atoms with Crippen molar-refractivity contribution in [3.8, 4) is 0 Å². The zero-order valence-corrected chi connectivity index (χ0v) is 14.4. The summed E-state index contributed by atoms with van der Waals surface area (Å²) >= 11 is 8.74. The molecule has 120 valence electrons. The lowest BCUT2D eigenvalue weighted by Gasteiger charge is -2.37. The molecule has 1 aromatic heterocycles. The summed E-state index contributed by atoms with van der Waals surface area (Å²) in [5.74, 6) is 0. The molecule has 0 amide bonds. The summed E-state index contributed by atoms with van der Waals surface area (Å²) in [6.07, 6.45) is 3.41. The third kappa shape index (κ3) is 4.46. The molecule has 23 heavy (non-hydrogen) atoms. The Morgan fingerprint density at radius 3 is 1.96 bits per heavy atom. The molecule has 0 radical (unpaired) electrons. The number of nitrogens with zero attached hydrogens (tertiary/aromatic N) is 5. The molecule has 1 aliphatic heterocycles. The van der Waals surface area contributed by atoms with Gasteiger partial charge in [0, 0.05) is 44.3 Å². The number of aromatic nitrogens is 1. The molecule has 0 atom stereocenters. The van der Waals surface area contributed by atoms with E-state index in [-0.39, 0.29) is 4.71 Å². The van der Waals surface area contributed by atoms with Crippen molar-refractivity contribution in [2.75, 3.05) is 31.1 Å². The average Bonchev–Trinajstić information content (AvgIpc) is 2.61. The summed E-state index contributed by atoms with van der Waals surface area (Å²) in [5, 5.41) is 8.44. The Labute approximate surface area is 147 Å². The van der Waals surface area contributed by atoms with Gasteiger partial charge < -0.3 is 4.90 Å². The van der Waals surface area contributed by atoms with Crippen LogP contribution >= 0.6 is 25.3 Å². The van der Waals surface area contributed by atoms with Crippen LogP contribution in [0.2, 0.25) is 0 Å². The van der Waals surface area contributed by atoms with E-state index in [1.54, 1.807) is 12.4 Å². The van der Waals surface area contributed by atoms with E-state index in [9.17, 15) is 0 Å². The van der Waals surface area contributed by atoms with Crippen molar-refractivity contribution < 1.29 is 0 Å².